The number of tetrazole rings is 1. The zero-order chi connectivity index (χ0) is 28.5. The average Bonchev–Trinajstić information content (AvgIpc) is 3.81. The lowest BCUT2D eigenvalue weighted by atomic mass is 9.94. The maximum absolute atomic E-state index is 13.8. The number of aliphatic imine (C=N–C) groups is 1. The van der Waals surface area contributed by atoms with E-state index in [1.807, 2.05) is 59.5 Å². The molecule has 2 aromatic heterocycles. The molecule has 0 radical (unpaired) electrons. The molecule has 0 unspecified atom stereocenters. The second-order valence-corrected chi connectivity index (χ2v) is 10.7. The van der Waals surface area contributed by atoms with Gasteiger partial charge in [-0.3, -0.25) is 19.7 Å². The summed E-state index contributed by atoms with van der Waals surface area (Å²) in [5, 5.41) is 14.8. The number of hydrogen-bond acceptors (Lipinski definition) is 7. The Labute approximate surface area is 243 Å². The molecular weight excluding hydrogens is 526 g/mol. The second-order valence-electron chi connectivity index (χ2n) is 10.7. The lowest BCUT2D eigenvalue weighted by Crippen LogP contribution is -2.40. The topological polar surface area (TPSA) is 109 Å². The number of nitrogens with zero attached hydrogens (tertiary/aromatic N) is 6. The molecule has 9 nitrogen and oxygen atoms in total. The van der Waals surface area contributed by atoms with E-state index >= 15 is 0 Å². The number of amidine groups is 1. The fraction of sp³-hybridized carbons (Fsp3) is 0.212. The summed E-state index contributed by atoms with van der Waals surface area (Å²) in [6, 6.07) is 28.1. The number of aromatic amines is 1. The average molecular weight is 556 g/mol. The van der Waals surface area contributed by atoms with Crippen molar-refractivity contribution in [2.24, 2.45) is 4.99 Å². The van der Waals surface area contributed by atoms with Gasteiger partial charge in [-0.2, -0.15) is 5.21 Å². The van der Waals surface area contributed by atoms with Gasteiger partial charge in [0.25, 0.3) is 5.91 Å². The number of pyridine rings is 1. The van der Waals surface area contributed by atoms with Gasteiger partial charge >= 0.3 is 0 Å². The van der Waals surface area contributed by atoms with Crippen LogP contribution in [0.1, 0.15) is 36.8 Å². The van der Waals surface area contributed by atoms with Crippen LogP contribution in [-0.2, 0) is 11.3 Å². The van der Waals surface area contributed by atoms with Gasteiger partial charge in [-0.05, 0) is 52.9 Å². The predicted molar refractivity (Wildman–Crippen MR) is 160 cm³/mol. The van der Waals surface area contributed by atoms with Gasteiger partial charge in [0.05, 0.1) is 19.3 Å². The molecule has 5 aromatic rings. The Hall–Kier alpha value is -5.18. The number of aromatic nitrogens is 5. The number of H-pyrrole nitrogens is 1. The van der Waals surface area contributed by atoms with Crippen molar-refractivity contribution >= 4 is 11.7 Å². The van der Waals surface area contributed by atoms with Crippen LogP contribution in [0.25, 0.3) is 33.8 Å². The first-order valence-electron chi connectivity index (χ1n) is 14.1. The van der Waals surface area contributed by atoms with Crippen molar-refractivity contribution in [3.05, 3.63) is 102 Å². The molecule has 1 fully saturated rings. The van der Waals surface area contributed by atoms with E-state index in [0.29, 0.717) is 12.4 Å². The van der Waals surface area contributed by atoms with Crippen LogP contribution in [0.4, 0.5) is 0 Å². The van der Waals surface area contributed by atoms with Gasteiger partial charge in [0.2, 0.25) is 5.82 Å². The maximum atomic E-state index is 13.8. The quantitative estimate of drug-likeness (QED) is 0.276. The monoisotopic (exact) mass is 555 g/mol. The number of rotatable bonds is 7. The van der Waals surface area contributed by atoms with Crippen molar-refractivity contribution in [3.63, 3.8) is 0 Å². The summed E-state index contributed by atoms with van der Waals surface area (Å²) in [5.74, 6) is 2.13. The number of amides is 1. The zero-order valence-corrected chi connectivity index (χ0v) is 23.2. The lowest BCUT2D eigenvalue weighted by molar-refractivity contribution is -0.131. The van der Waals surface area contributed by atoms with Gasteiger partial charge in [0.1, 0.15) is 17.1 Å². The minimum Gasteiger partial charge on any atom is -0.497 e. The highest BCUT2D eigenvalue weighted by Gasteiger charge is 2.49. The van der Waals surface area contributed by atoms with Crippen LogP contribution < -0.4 is 4.74 Å². The number of methoxy groups -OCH3 is 1. The van der Waals surface area contributed by atoms with Crippen molar-refractivity contribution < 1.29 is 9.53 Å². The Morgan fingerprint density at radius 2 is 1.67 bits per heavy atom. The summed E-state index contributed by atoms with van der Waals surface area (Å²) in [6.07, 6.45) is 5.43. The molecule has 1 N–H and O–H groups in total. The first-order valence-corrected chi connectivity index (χ1v) is 14.1. The highest BCUT2D eigenvalue weighted by Crippen LogP contribution is 2.41. The summed E-state index contributed by atoms with van der Waals surface area (Å²) < 4.78 is 5.41. The van der Waals surface area contributed by atoms with Crippen molar-refractivity contribution in [1.82, 2.24) is 30.5 Å². The van der Waals surface area contributed by atoms with Crippen LogP contribution in [0.5, 0.6) is 5.75 Å². The minimum atomic E-state index is -0.612. The molecule has 1 aliphatic carbocycles. The number of ether oxygens (including phenoxy) is 1. The van der Waals surface area contributed by atoms with Crippen molar-refractivity contribution in [2.75, 3.05) is 7.11 Å². The molecule has 9 heteroatoms. The smallest absolute Gasteiger partial charge is 0.256 e. The van der Waals surface area contributed by atoms with Crippen LogP contribution in [0.2, 0.25) is 0 Å². The molecule has 1 saturated carbocycles. The van der Waals surface area contributed by atoms with Gasteiger partial charge < -0.3 is 4.74 Å². The summed E-state index contributed by atoms with van der Waals surface area (Å²) >= 11 is 0. The number of benzene rings is 3. The van der Waals surface area contributed by atoms with E-state index in [-0.39, 0.29) is 5.91 Å². The number of hydrogen-bond donors (Lipinski definition) is 1. The molecular formula is C33H29N7O2. The molecule has 0 bridgehead atoms. The largest absolute Gasteiger partial charge is 0.497 e. The normalized spacial score (nSPS) is 15.8. The predicted octanol–water partition coefficient (Wildman–Crippen LogP) is 5.71. The van der Waals surface area contributed by atoms with E-state index in [4.69, 9.17) is 9.73 Å². The summed E-state index contributed by atoms with van der Waals surface area (Å²) in [6.45, 7) is 0.458. The van der Waals surface area contributed by atoms with E-state index < -0.39 is 5.54 Å². The number of carbonyl (C=O) groups excluding carboxylic acids is 1. The van der Waals surface area contributed by atoms with E-state index in [0.717, 1.165) is 76.3 Å². The van der Waals surface area contributed by atoms with Gasteiger partial charge in [-0.1, -0.05) is 73.5 Å². The molecule has 1 spiro atoms. The van der Waals surface area contributed by atoms with Crippen LogP contribution in [0, 0.1) is 0 Å². The van der Waals surface area contributed by atoms with Gasteiger partial charge in [-0.15, -0.1) is 10.2 Å². The SMILES string of the molecule is COc1ccnc(-c2ccc(-c3nn[nH]n3)c(-c3ccc(CN4C(=O)C5(CCCC5)N=C4c4ccccc4)cc3)c2)c1. The summed E-state index contributed by atoms with van der Waals surface area (Å²) in [4.78, 5) is 25.3. The fourth-order valence-electron chi connectivity index (χ4n) is 5.98. The standard InChI is InChI=1S/C33H29N7O2/c1-42-26-15-18-34-29(20-26)25-13-14-27(30-36-38-39-37-30)28(19-25)23-11-9-22(10-12-23)21-40-31(24-7-3-2-4-8-24)35-33(32(40)41)16-5-6-17-33/h2-4,7-15,18-20H,5-6,16-17,21H2,1H3,(H,36,37,38,39). The third-order valence-electron chi connectivity index (χ3n) is 8.16. The molecule has 7 rings (SSSR count). The molecule has 1 amide bonds. The fourth-order valence-corrected chi connectivity index (χ4v) is 5.98. The first kappa shape index (κ1) is 25.8. The second kappa shape index (κ2) is 10.7. The lowest BCUT2D eigenvalue weighted by Gasteiger charge is -2.23. The molecule has 0 saturated heterocycles. The minimum absolute atomic E-state index is 0.112. The van der Waals surface area contributed by atoms with Gasteiger partial charge in [0.15, 0.2) is 0 Å². The Morgan fingerprint density at radius 1 is 0.881 bits per heavy atom. The third-order valence-corrected chi connectivity index (χ3v) is 8.16. The molecule has 1 aliphatic heterocycles. The van der Waals surface area contributed by atoms with Crippen molar-refractivity contribution in [3.8, 4) is 39.5 Å². The molecule has 3 aromatic carbocycles. The van der Waals surface area contributed by atoms with Crippen LogP contribution in [-0.4, -0.2) is 54.9 Å². The summed E-state index contributed by atoms with van der Waals surface area (Å²) in [7, 11) is 1.64. The van der Waals surface area contributed by atoms with Gasteiger partial charge in [0, 0.05) is 29.0 Å². The molecule has 2 aliphatic rings. The Morgan fingerprint density at radius 3 is 2.40 bits per heavy atom. The number of carbonyl (C=O) groups is 1. The zero-order valence-electron chi connectivity index (χ0n) is 23.2. The first-order chi connectivity index (χ1) is 20.6. The molecule has 3 heterocycles. The third kappa shape index (κ3) is 4.62. The van der Waals surface area contributed by atoms with E-state index in [2.05, 4.69) is 55.9 Å². The Kier molecular flexibility index (Phi) is 6.54. The molecule has 0 atom stereocenters. The van der Waals surface area contributed by atoms with Crippen molar-refractivity contribution in [1.29, 1.82) is 0 Å². The van der Waals surface area contributed by atoms with E-state index in [1.165, 1.54) is 0 Å². The molecule has 42 heavy (non-hydrogen) atoms. The van der Waals surface area contributed by atoms with E-state index in [1.54, 1.807) is 13.3 Å². The highest BCUT2D eigenvalue weighted by atomic mass is 16.5. The van der Waals surface area contributed by atoms with Crippen LogP contribution in [0.15, 0.2) is 96.1 Å². The van der Waals surface area contributed by atoms with Crippen LogP contribution >= 0.6 is 0 Å². The Bertz CT molecular complexity index is 1760. The van der Waals surface area contributed by atoms with E-state index in [9.17, 15) is 4.79 Å². The molecule has 208 valence electrons. The van der Waals surface area contributed by atoms with Gasteiger partial charge in [-0.25, -0.2) is 0 Å². The highest BCUT2D eigenvalue weighted by molar-refractivity contribution is 6.15. The maximum Gasteiger partial charge on any atom is 0.256 e. The van der Waals surface area contributed by atoms with Crippen molar-refractivity contribution in [2.45, 2.75) is 37.8 Å². The Balaban J connectivity index is 1.22. The van der Waals surface area contributed by atoms with Crippen LogP contribution in [0.3, 0.4) is 0 Å². The number of nitrogens with one attached hydrogen (secondary N) is 1. The summed E-state index contributed by atoms with van der Waals surface area (Å²) in [5.41, 5.74) is 5.90.